The standard InChI is InChI=1S/C11H20N2O3S/c1-11(4-5-12-8-11)10(14)13-9-3-2-6-17(15,16)7-9/h9,12H,2-8H2,1H3,(H,13,14). The number of nitrogens with one attached hydrogen (secondary N) is 2. The minimum absolute atomic E-state index is 0.00963. The van der Waals surface area contributed by atoms with Crippen LogP contribution >= 0.6 is 0 Å². The van der Waals surface area contributed by atoms with Crippen LogP contribution in [0.2, 0.25) is 0 Å². The van der Waals surface area contributed by atoms with Crippen molar-refractivity contribution in [2.45, 2.75) is 32.2 Å². The van der Waals surface area contributed by atoms with Gasteiger partial charge in [0.05, 0.1) is 16.9 Å². The molecule has 2 saturated heterocycles. The van der Waals surface area contributed by atoms with Gasteiger partial charge in [0.2, 0.25) is 5.91 Å². The number of hydrogen-bond donors (Lipinski definition) is 2. The van der Waals surface area contributed by atoms with Gasteiger partial charge in [-0.2, -0.15) is 0 Å². The molecule has 0 saturated carbocycles. The Morgan fingerprint density at radius 1 is 1.47 bits per heavy atom. The van der Waals surface area contributed by atoms with Crippen molar-refractivity contribution >= 4 is 15.7 Å². The number of carbonyl (C=O) groups is 1. The molecule has 2 fully saturated rings. The van der Waals surface area contributed by atoms with E-state index < -0.39 is 9.84 Å². The smallest absolute Gasteiger partial charge is 0.227 e. The van der Waals surface area contributed by atoms with E-state index in [-0.39, 0.29) is 28.9 Å². The van der Waals surface area contributed by atoms with Gasteiger partial charge in [0.15, 0.2) is 9.84 Å². The first-order valence-electron chi connectivity index (χ1n) is 6.13. The van der Waals surface area contributed by atoms with Gasteiger partial charge in [0, 0.05) is 12.6 Å². The molecule has 0 radical (unpaired) electrons. The number of carbonyl (C=O) groups excluding carboxylic acids is 1. The van der Waals surface area contributed by atoms with Crippen LogP contribution in [0.1, 0.15) is 26.2 Å². The molecule has 98 valence electrons. The Bertz CT molecular complexity index is 399. The predicted molar refractivity (Wildman–Crippen MR) is 65.4 cm³/mol. The lowest BCUT2D eigenvalue weighted by molar-refractivity contribution is -0.129. The Kier molecular flexibility index (Phi) is 3.45. The van der Waals surface area contributed by atoms with Gasteiger partial charge >= 0.3 is 0 Å². The van der Waals surface area contributed by atoms with E-state index in [2.05, 4.69) is 10.6 Å². The molecule has 2 unspecified atom stereocenters. The summed E-state index contributed by atoms with van der Waals surface area (Å²) in [5, 5.41) is 6.07. The van der Waals surface area contributed by atoms with Crippen LogP contribution in [0.3, 0.4) is 0 Å². The second-order valence-electron chi connectivity index (χ2n) is 5.41. The van der Waals surface area contributed by atoms with E-state index in [9.17, 15) is 13.2 Å². The summed E-state index contributed by atoms with van der Waals surface area (Å²) < 4.78 is 23.0. The molecule has 2 aliphatic heterocycles. The predicted octanol–water partition coefficient (Wildman–Crippen LogP) is -0.321. The van der Waals surface area contributed by atoms with E-state index in [1.54, 1.807) is 0 Å². The van der Waals surface area contributed by atoms with Crippen LogP contribution < -0.4 is 10.6 Å². The maximum absolute atomic E-state index is 12.1. The molecule has 0 aromatic rings. The lowest BCUT2D eigenvalue weighted by Gasteiger charge is -2.28. The van der Waals surface area contributed by atoms with Crippen LogP contribution in [0.5, 0.6) is 0 Å². The Morgan fingerprint density at radius 2 is 2.24 bits per heavy atom. The van der Waals surface area contributed by atoms with Crippen molar-refractivity contribution in [1.82, 2.24) is 10.6 Å². The summed E-state index contributed by atoms with van der Waals surface area (Å²) in [5.41, 5.74) is -0.374. The number of hydrogen-bond acceptors (Lipinski definition) is 4. The van der Waals surface area contributed by atoms with E-state index in [1.165, 1.54) is 0 Å². The first kappa shape index (κ1) is 12.8. The Hall–Kier alpha value is -0.620. The number of sulfone groups is 1. The molecule has 6 heteroatoms. The summed E-state index contributed by atoms with van der Waals surface area (Å²) >= 11 is 0. The van der Waals surface area contributed by atoms with Crippen LogP contribution in [-0.4, -0.2) is 45.0 Å². The second kappa shape index (κ2) is 4.57. The van der Waals surface area contributed by atoms with Gasteiger partial charge in [-0.05, 0) is 32.7 Å². The molecule has 5 nitrogen and oxygen atoms in total. The number of rotatable bonds is 2. The lowest BCUT2D eigenvalue weighted by Crippen LogP contribution is -2.49. The topological polar surface area (TPSA) is 75.3 Å². The summed E-state index contributed by atoms with van der Waals surface area (Å²) in [5.74, 6) is 0.352. The molecule has 2 aliphatic rings. The average molecular weight is 260 g/mol. The highest BCUT2D eigenvalue weighted by molar-refractivity contribution is 7.91. The van der Waals surface area contributed by atoms with E-state index in [0.717, 1.165) is 19.4 Å². The summed E-state index contributed by atoms with van der Waals surface area (Å²) in [7, 11) is -2.95. The van der Waals surface area contributed by atoms with Crippen LogP contribution in [-0.2, 0) is 14.6 Å². The minimum Gasteiger partial charge on any atom is -0.352 e. The van der Waals surface area contributed by atoms with Gasteiger partial charge in [-0.3, -0.25) is 4.79 Å². The zero-order valence-electron chi connectivity index (χ0n) is 10.2. The maximum Gasteiger partial charge on any atom is 0.227 e. The van der Waals surface area contributed by atoms with Crippen LogP contribution in [0.15, 0.2) is 0 Å². The molecule has 0 aromatic carbocycles. The minimum atomic E-state index is -2.95. The number of amides is 1. The van der Waals surface area contributed by atoms with Gasteiger partial charge in [-0.15, -0.1) is 0 Å². The van der Waals surface area contributed by atoms with Crippen LogP contribution in [0.4, 0.5) is 0 Å². The molecule has 1 amide bonds. The molecule has 2 rings (SSSR count). The highest BCUT2D eigenvalue weighted by atomic mass is 32.2. The van der Waals surface area contributed by atoms with E-state index >= 15 is 0 Å². The molecule has 0 bridgehead atoms. The Balaban J connectivity index is 1.94. The molecular formula is C11H20N2O3S. The molecule has 0 aliphatic carbocycles. The fraction of sp³-hybridized carbons (Fsp3) is 0.909. The Labute approximate surface area is 102 Å². The highest BCUT2D eigenvalue weighted by Crippen LogP contribution is 2.25. The van der Waals surface area contributed by atoms with Crippen molar-refractivity contribution in [2.75, 3.05) is 24.6 Å². The molecular weight excluding hydrogens is 240 g/mol. The zero-order valence-corrected chi connectivity index (χ0v) is 11.0. The van der Waals surface area contributed by atoms with Gasteiger partial charge in [0.25, 0.3) is 0 Å². The van der Waals surface area contributed by atoms with Gasteiger partial charge in [-0.25, -0.2) is 8.42 Å². The summed E-state index contributed by atoms with van der Waals surface area (Å²) in [6.07, 6.45) is 2.25. The van der Waals surface area contributed by atoms with Crippen molar-refractivity contribution in [2.24, 2.45) is 5.41 Å². The highest BCUT2D eigenvalue weighted by Gasteiger charge is 2.38. The van der Waals surface area contributed by atoms with Crippen molar-refractivity contribution in [1.29, 1.82) is 0 Å². The van der Waals surface area contributed by atoms with Crippen LogP contribution in [0.25, 0.3) is 0 Å². The normalized spacial score (nSPS) is 36.6. The van der Waals surface area contributed by atoms with Gasteiger partial charge in [0.1, 0.15) is 0 Å². The van der Waals surface area contributed by atoms with E-state index in [0.29, 0.717) is 13.0 Å². The van der Waals surface area contributed by atoms with Crippen molar-refractivity contribution in [3.8, 4) is 0 Å². The van der Waals surface area contributed by atoms with Gasteiger partial charge < -0.3 is 10.6 Å². The fourth-order valence-electron chi connectivity index (χ4n) is 2.51. The van der Waals surface area contributed by atoms with Crippen molar-refractivity contribution in [3.63, 3.8) is 0 Å². The molecule has 0 aromatic heterocycles. The third-order valence-electron chi connectivity index (χ3n) is 3.72. The largest absolute Gasteiger partial charge is 0.352 e. The first-order valence-corrected chi connectivity index (χ1v) is 7.96. The zero-order chi connectivity index (χ0) is 12.5. The monoisotopic (exact) mass is 260 g/mol. The quantitative estimate of drug-likeness (QED) is 0.713. The van der Waals surface area contributed by atoms with Crippen LogP contribution in [0, 0.1) is 5.41 Å². The average Bonchev–Trinajstić information content (AvgIpc) is 2.65. The molecule has 0 spiro atoms. The summed E-state index contributed by atoms with van der Waals surface area (Å²) in [4.78, 5) is 12.1. The van der Waals surface area contributed by atoms with Gasteiger partial charge in [-0.1, -0.05) is 0 Å². The Morgan fingerprint density at radius 3 is 2.82 bits per heavy atom. The maximum atomic E-state index is 12.1. The molecule has 2 N–H and O–H groups in total. The van der Waals surface area contributed by atoms with E-state index in [4.69, 9.17) is 0 Å². The van der Waals surface area contributed by atoms with Crippen molar-refractivity contribution < 1.29 is 13.2 Å². The lowest BCUT2D eigenvalue weighted by atomic mass is 9.88. The van der Waals surface area contributed by atoms with Crippen molar-refractivity contribution in [3.05, 3.63) is 0 Å². The second-order valence-corrected chi connectivity index (χ2v) is 7.64. The SMILES string of the molecule is CC1(C(=O)NC2CCCS(=O)(=O)C2)CCNC1. The fourth-order valence-corrected chi connectivity index (χ4v) is 4.14. The third-order valence-corrected chi connectivity index (χ3v) is 5.54. The first-order chi connectivity index (χ1) is 7.91. The third kappa shape index (κ3) is 2.98. The molecule has 2 heterocycles. The molecule has 2 atom stereocenters. The molecule has 17 heavy (non-hydrogen) atoms. The van der Waals surface area contributed by atoms with E-state index in [1.807, 2.05) is 6.92 Å². The summed E-state index contributed by atoms with van der Waals surface area (Å²) in [6, 6.07) is -0.196. The summed E-state index contributed by atoms with van der Waals surface area (Å²) in [6.45, 7) is 3.46.